The van der Waals surface area contributed by atoms with E-state index in [9.17, 15) is 13.6 Å². The molecule has 0 radical (unpaired) electrons. The molecule has 1 saturated heterocycles. The lowest BCUT2D eigenvalue weighted by molar-refractivity contribution is -0.130. The Morgan fingerprint density at radius 2 is 1.56 bits per heavy atom. The van der Waals surface area contributed by atoms with Gasteiger partial charge in [-0.2, -0.15) is 8.78 Å². The number of carbonyl (C=O) groups is 1. The van der Waals surface area contributed by atoms with E-state index < -0.39 is 6.61 Å². The molecule has 0 aliphatic carbocycles. The Balaban J connectivity index is 1.28. The molecule has 0 saturated carbocycles. The van der Waals surface area contributed by atoms with Gasteiger partial charge in [0.15, 0.2) is 0 Å². The molecule has 6 nitrogen and oxygen atoms in total. The monoisotopic (exact) mass is 582 g/mol. The van der Waals surface area contributed by atoms with Crippen molar-refractivity contribution in [2.75, 3.05) is 25.0 Å². The highest BCUT2D eigenvalue weighted by Gasteiger charge is 2.27. The van der Waals surface area contributed by atoms with Gasteiger partial charge in [-0.3, -0.25) is 14.7 Å². The maximum atomic E-state index is 13.7. The van der Waals surface area contributed by atoms with Gasteiger partial charge in [-0.05, 0) is 72.0 Å². The zero-order chi connectivity index (χ0) is 30.0. The van der Waals surface area contributed by atoms with E-state index in [1.54, 1.807) is 36.7 Å². The summed E-state index contributed by atoms with van der Waals surface area (Å²) in [5, 5.41) is 0. The number of amides is 1. The molecule has 222 valence electrons. The predicted molar refractivity (Wildman–Crippen MR) is 166 cm³/mol. The van der Waals surface area contributed by atoms with Crippen molar-refractivity contribution < 1.29 is 18.3 Å². The van der Waals surface area contributed by atoms with Crippen LogP contribution in [0.2, 0.25) is 0 Å². The normalized spacial score (nSPS) is 14.2. The van der Waals surface area contributed by atoms with E-state index in [1.165, 1.54) is 17.7 Å². The van der Waals surface area contributed by atoms with E-state index in [1.807, 2.05) is 30.1 Å². The quantitative estimate of drug-likeness (QED) is 0.176. The van der Waals surface area contributed by atoms with Crippen LogP contribution >= 0.6 is 0 Å². The number of aromatic nitrogens is 1. The van der Waals surface area contributed by atoms with Gasteiger partial charge in [0.2, 0.25) is 5.91 Å². The number of pyridine rings is 1. The van der Waals surface area contributed by atoms with Crippen molar-refractivity contribution in [3.05, 3.63) is 126 Å². The first-order valence-corrected chi connectivity index (χ1v) is 14.5. The Morgan fingerprint density at radius 3 is 2.21 bits per heavy atom. The first-order valence-electron chi connectivity index (χ1n) is 14.5. The SMILES string of the molecule is CN(c1ccncc1)c1ccc(CN(C(=O)C=Cc2ccc(OC(F)F)cc2)C2CCN(Cc3ccccc3)CC2)cc1. The molecule has 1 aliphatic rings. The first-order chi connectivity index (χ1) is 20.9. The fourth-order valence-corrected chi connectivity index (χ4v) is 5.38. The fraction of sp³-hybridized carbons (Fsp3) is 0.257. The van der Waals surface area contributed by atoms with Crippen molar-refractivity contribution in [3.63, 3.8) is 0 Å². The Kier molecular flexibility index (Phi) is 10.1. The average Bonchev–Trinajstić information content (AvgIpc) is 3.04. The van der Waals surface area contributed by atoms with Gasteiger partial charge in [0.25, 0.3) is 0 Å². The second-order valence-corrected chi connectivity index (χ2v) is 10.7. The highest BCUT2D eigenvalue weighted by atomic mass is 19.3. The lowest BCUT2D eigenvalue weighted by Gasteiger charge is -2.38. The highest BCUT2D eigenvalue weighted by molar-refractivity contribution is 5.92. The van der Waals surface area contributed by atoms with Crippen LogP contribution in [0.3, 0.4) is 0 Å². The fourth-order valence-electron chi connectivity index (χ4n) is 5.38. The van der Waals surface area contributed by atoms with Crippen molar-refractivity contribution >= 4 is 23.4 Å². The summed E-state index contributed by atoms with van der Waals surface area (Å²) in [6, 6.07) is 29.0. The molecule has 0 spiro atoms. The van der Waals surface area contributed by atoms with Crippen molar-refractivity contribution in [1.29, 1.82) is 0 Å². The third kappa shape index (κ3) is 8.49. The Labute approximate surface area is 251 Å². The molecular weight excluding hydrogens is 546 g/mol. The molecule has 4 aromatic rings. The Morgan fingerprint density at radius 1 is 0.907 bits per heavy atom. The van der Waals surface area contributed by atoms with Crippen LogP contribution in [0.1, 0.15) is 29.5 Å². The van der Waals surface area contributed by atoms with Gasteiger partial charge >= 0.3 is 6.61 Å². The number of piperidine rings is 1. The minimum Gasteiger partial charge on any atom is -0.435 e. The van der Waals surface area contributed by atoms with Crippen LogP contribution in [0.25, 0.3) is 6.08 Å². The molecule has 3 aromatic carbocycles. The second-order valence-electron chi connectivity index (χ2n) is 10.7. The van der Waals surface area contributed by atoms with Gasteiger partial charge in [-0.1, -0.05) is 54.6 Å². The smallest absolute Gasteiger partial charge is 0.387 e. The number of hydrogen-bond donors (Lipinski definition) is 0. The third-order valence-corrected chi connectivity index (χ3v) is 7.78. The molecule has 5 rings (SSSR count). The number of rotatable bonds is 11. The van der Waals surface area contributed by atoms with Gasteiger partial charge in [0, 0.05) is 69.1 Å². The van der Waals surface area contributed by atoms with Crippen LogP contribution in [-0.4, -0.2) is 53.5 Å². The number of benzene rings is 3. The molecular formula is C35H36F2N4O2. The van der Waals surface area contributed by atoms with Gasteiger partial charge < -0.3 is 14.5 Å². The third-order valence-electron chi connectivity index (χ3n) is 7.78. The van der Waals surface area contributed by atoms with Gasteiger partial charge in [0.1, 0.15) is 5.75 Å². The highest BCUT2D eigenvalue weighted by Crippen LogP contribution is 2.26. The molecule has 8 heteroatoms. The first kappa shape index (κ1) is 29.9. The van der Waals surface area contributed by atoms with E-state index in [-0.39, 0.29) is 17.7 Å². The molecule has 0 unspecified atom stereocenters. The number of anilines is 2. The minimum atomic E-state index is -2.87. The van der Waals surface area contributed by atoms with Crippen molar-refractivity contribution in [1.82, 2.24) is 14.8 Å². The van der Waals surface area contributed by atoms with E-state index >= 15 is 0 Å². The summed E-state index contributed by atoms with van der Waals surface area (Å²) >= 11 is 0. The number of likely N-dealkylation sites (tertiary alicyclic amines) is 1. The van der Waals surface area contributed by atoms with Gasteiger partial charge in [0.05, 0.1) is 0 Å². The average molecular weight is 583 g/mol. The molecule has 1 aliphatic heterocycles. The van der Waals surface area contributed by atoms with Crippen molar-refractivity contribution in [2.24, 2.45) is 0 Å². The summed E-state index contributed by atoms with van der Waals surface area (Å²) in [7, 11) is 2.01. The Hall–Kier alpha value is -4.56. The van der Waals surface area contributed by atoms with Crippen LogP contribution in [0.15, 0.2) is 109 Å². The Bertz CT molecular complexity index is 1460. The van der Waals surface area contributed by atoms with E-state index in [0.29, 0.717) is 6.54 Å². The number of halogens is 2. The molecule has 43 heavy (non-hydrogen) atoms. The lowest BCUT2D eigenvalue weighted by atomic mass is 10.0. The molecule has 1 amide bonds. The molecule has 0 N–H and O–H groups in total. The summed E-state index contributed by atoms with van der Waals surface area (Å²) in [6.07, 6.45) is 8.61. The maximum Gasteiger partial charge on any atom is 0.387 e. The van der Waals surface area contributed by atoms with Crippen LogP contribution in [0, 0.1) is 0 Å². The van der Waals surface area contributed by atoms with Crippen LogP contribution in [0.4, 0.5) is 20.2 Å². The topological polar surface area (TPSA) is 48.9 Å². The lowest BCUT2D eigenvalue weighted by Crippen LogP contribution is -2.46. The number of hydrogen-bond acceptors (Lipinski definition) is 5. The zero-order valence-corrected chi connectivity index (χ0v) is 24.2. The van der Waals surface area contributed by atoms with Crippen LogP contribution < -0.4 is 9.64 Å². The zero-order valence-electron chi connectivity index (χ0n) is 24.2. The van der Waals surface area contributed by atoms with E-state index in [4.69, 9.17) is 0 Å². The number of carbonyl (C=O) groups excluding carboxylic acids is 1. The summed E-state index contributed by atoms with van der Waals surface area (Å²) in [5.74, 6) is 0.00721. The van der Waals surface area contributed by atoms with Gasteiger partial charge in [-0.25, -0.2) is 0 Å². The number of alkyl halides is 2. The molecule has 1 fully saturated rings. The summed E-state index contributed by atoms with van der Waals surface area (Å²) < 4.78 is 29.4. The summed E-state index contributed by atoms with van der Waals surface area (Å²) in [4.78, 5) is 24.3. The standard InChI is InChI=1S/C35H36F2N4O2/c1-39(31-17-21-38-22-18-31)30-12-7-29(8-13-30)26-41(32-19-23-40(24-20-32)25-28-5-3-2-4-6-28)34(42)16-11-27-9-14-33(15-10-27)43-35(36)37/h2-18,21-22,32,35H,19-20,23-26H2,1H3. The molecule has 0 bridgehead atoms. The van der Waals surface area contributed by atoms with E-state index in [0.717, 1.165) is 55.0 Å². The van der Waals surface area contributed by atoms with Crippen LogP contribution in [-0.2, 0) is 17.9 Å². The van der Waals surface area contributed by atoms with Crippen molar-refractivity contribution in [2.45, 2.75) is 38.6 Å². The van der Waals surface area contributed by atoms with Crippen molar-refractivity contribution in [3.8, 4) is 5.75 Å². The molecule has 2 heterocycles. The summed E-state index contributed by atoms with van der Waals surface area (Å²) in [6.45, 7) is 0.343. The van der Waals surface area contributed by atoms with Gasteiger partial charge in [-0.15, -0.1) is 0 Å². The maximum absolute atomic E-state index is 13.7. The second kappa shape index (κ2) is 14.6. The largest absolute Gasteiger partial charge is 0.435 e. The summed E-state index contributed by atoms with van der Waals surface area (Å²) in [5.41, 5.74) is 5.16. The van der Waals surface area contributed by atoms with Crippen LogP contribution in [0.5, 0.6) is 5.75 Å². The number of nitrogens with zero attached hydrogens (tertiary/aromatic N) is 4. The molecule has 1 aromatic heterocycles. The minimum absolute atomic E-state index is 0.0765. The van der Waals surface area contributed by atoms with E-state index in [2.05, 4.69) is 68.1 Å². The predicted octanol–water partition coefficient (Wildman–Crippen LogP) is 7.16. The number of ether oxygens (including phenoxy) is 1. The molecule has 0 atom stereocenters.